The maximum absolute atomic E-state index is 13.8. The summed E-state index contributed by atoms with van der Waals surface area (Å²) in [6.45, 7) is 11.7. The van der Waals surface area contributed by atoms with Crippen molar-refractivity contribution in [2.24, 2.45) is 0 Å². The molecule has 3 aromatic rings. The summed E-state index contributed by atoms with van der Waals surface area (Å²) in [7, 11) is 0. The van der Waals surface area contributed by atoms with Gasteiger partial charge in [0.2, 0.25) is 0 Å². The molecule has 0 aliphatic rings. The van der Waals surface area contributed by atoms with Crippen LogP contribution >= 0.6 is 0 Å². The second-order valence-electron chi connectivity index (χ2n) is 7.37. The molecule has 1 N–H and O–H groups in total. The molecular formula is C22H28FN5. The third-order valence-corrected chi connectivity index (χ3v) is 5.21. The molecule has 3 rings (SSSR count). The summed E-state index contributed by atoms with van der Waals surface area (Å²) >= 11 is 0. The molecule has 0 saturated heterocycles. The summed E-state index contributed by atoms with van der Waals surface area (Å²) in [6, 6.07) is 8.85. The van der Waals surface area contributed by atoms with E-state index >= 15 is 0 Å². The number of nitrogens with one attached hydrogen (secondary N) is 1. The minimum absolute atomic E-state index is 0.169. The number of nitrogens with zero attached hydrogens (tertiary/aromatic N) is 4. The van der Waals surface area contributed by atoms with Crippen molar-refractivity contribution in [1.29, 1.82) is 0 Å². The Hall–Kier alpha value is -2.76. The number of rotatable bonds is 7. The predicted octanol–water partition coefficient (Wildman–Crippen LogP) is 4.50. The van der Waals surface area contributed by atoms with Crippen molar-refractivity contribution in [3.8, 4) is 0 Å². The number of halogens is 1. The number of benzene rings is 1. The number of aryl methyl sites for hydroxylation is 2. The van der Waals surface area contributed by atoms with E-state index in [9.17, 15) is 4.39 Å². The summed E-state index contributed by atoms with van der Waals surface area (Å²) in [5.41, 5.74) is 5.18. The fourth-order valence-corrected chi connectivity index (χ4v) is 3.28. The molecule has 0 radical (unpaired) electrons. The van der Waals surface area contributed by atoms with Crippen molar-refractivity contribution in [3.63, 3.8) is 0 Å². The summed E-state index contributed by atoms with van der Waals surface area (Å²) < 4.78 is 15.8. The number of anilines is 1. The third-order valence-electron chi connectivity index (χ3n) is 5.21. The van der Waals surface area contributed by atoms with Crippen LogP contribution in [0.1, 0.15) is 46.9 Å². The second kappa shape index (κ2) is 8.50. The molecule has 1 unspecified atom stereocenters. The topological polar surface area (TPSA) is 55.6 Å². The standard InChI is InChI=1S/C22H28FN5/c1-14(13-28-17(4)15(2)16(3)27-28)21-12-22(26-18(5)25-21)24-11-10-19-8-6-7-9-20(19)23/h6-9,12,14H,10-11,13H2,1-5H3,(H,24,25,26). The van der Waals surface area contributed by atoms with Crippen molar-refractivity contribution in [2.45, 2.75) is 53.5 Å². The van der Waals surface area contributed by atoms with E-state index in [0.717, 1.165) is 29.6 Å². The third kappa shape index (κ3) is 4.55. The molecule has 2 aromatic heterocycles. The summed E-state index contributed by atoms with van der Waals surface area (Å²) in [5, 5.41) is 7.94. The van der Waals surface area contributed by atoms with E-state index in [1.54, 1.807) is 6.07 Å². The molecule has 0 spiro atoms. The van der Waals surface area contributed by atoms with E-state index in [1.165, 1.54) is 17.3 Å². The first-order valence-corrected chi connectivity index (χ1v) is 9.68. The molecular weight excluding hydrogens is 353 g/mol. The Balaban J connectivity index is 1.68. The molecule has 28 heavy (non-hydrogen) atoms. The van der Waals surface area contributed by atoms with Gasteiger partial charge in [-0.2, -0.15) is 5.10 Å². The van der Waals surface area contributed by atoms with Crippen molar-refractivity contribution in [1.82, 2.24) is 19.7 Å². The van der Waals surface area contributed by atoms with Gasteiger partial charge in [-0.1, -0.05) is 25.1 Å². The van der Waals surface area contributed by atoms with Crippen molar-refractivity contribution >= 4 is 5.82 Å². The van der Waals surface area contributed by atoms with E-state index in [2.05, 4.69) is 45.8 Å². The van der Waals surface area contributed by atoms with E-state index in [0.29, 0.717) is 18.5 Å². The first-order valence-electron chi connectivity index (χ1n) is 9.68. The van der Waals surface area contributed by atoms with E-state index < -0.39 is 0 Å². The molecule has 0 fully saturated rings. The summed E-state index contributed by atoms with van der Waals surface area (Å²) in [5.74, 6) is 1.53. The van der Waals surface area contributed by atoms with Crippen LogP contribution in [0, 0.1) is 33.5 Å². The van der Waals surface area contributed by atoms with Crippen LogP contribution in [-0.2, 0) is 13.0 Å². The lowest BCUT2D eigenvalue weighted by atomic mass is 10.1. The van der Waals surface area contributed by atoms with Crippen molar-refractivity contribution in [2.75, 3.05) is 11.9 Å². The van der Waals surface area contributed by atoms with Gasteiger partial charge < -0.3 is 5.32 Å². The lowest BCUT2D eigenvalue weighted by Gasteiger charge is -2.15. The molecule has 6 heteroatoms. The molecule has 0 aliphatic heterocycles. The van der Waals surface area contributed by atoms with E-state index in [1.807, 2.05) is 32.0 Å². The molecule has 1 atom stereocenters. The van der Waals surface area contributed by atoms with Gasteiger partial charge in [0.15, 0.2) is 0 Å². The fourth-order valence-electron chi connectivity index (χ4n) is 3.28. The molecule has 5 nitrogen and oxygen atoms in total. The van der Waals surface area contributed by atoms with Gasteiger partial charge >= 0.3 is 0 Å². The Morgan fingerprint density at radius 3 is 2.54 bits per heavy atom. The average molecular weight is 381 g/mol. The Bertz CT molecular complexity index is 964. The highest BCUT2D eigenvalue weighted by Gasteiger charge is 2.14. The summed E-state index contributed by atoms with van der Waals surface area (Å²) in [6.07, 6.45) is 0.603. The molecule has 0 aliphatic carbocycles. The zero-order valence-corrected chi connectivity index (χ0v) is 17.3. The Morgan fingerprint density at radius 2 is 1.86 bits per heavy atom. The van der Waals surface area contributed by atoms with Gasteiger partial charge in [-0.25, -0.2) is 14.4 Å². The summed E-state index contributed by atoms with van der Waals surface area (Å²) in [4.78, 5) is 9.09. The van der Waals surface area contributed by atoms with Crippen LogP contribution in [0.15, 0.2) is 30.3 Å². The first kappa shape index (κ1) is 20.0. The molecule has 0 amide bonds. The van der Waals surface area contributed by atoms with Gasteiger partial charge in [0.1, 0.15) is 17.5 Å². The average Bonchev–Trinajstić information content (AvgIpc) is 2.89. The van der Waals surface area contributed by atoms with Crippen LogP contribution < -0.4 is 5.32 Å². The van der Waals surface area contributed by atoms with Crippen LogP contribution in [-0.4, -0.2) is 26.3 Å². The smallest absolute Gasteiger partial charge is 0.129 e. The highest BCUT2D eigenvalue weighted by Crippen LogP contribution is 2.21. The fraction of sp³-hybridized carbons (Fsp3) is 0.409. The Morgan fingerprint density at radius 1 is 1.11 bits per heavy atom. The molecule has 2 heterocycles. The maximum atomic E-state index is 13.8. The molecule has 0 bridgehead atoms. The van der Waals surface area contributed by atoms with E-state index in [-0.39, 0.29) is 11.7 Å². The quantitative estimate of drug-likeness (QED) is 0.654. The second-order valence-corrected chi connectivity index (χ2v) is 7.37. The minimum Gasteiger partial charge on any atom is -0.370 e. The normalized spacial score (nSPS) is 12.2. The number of aromatic nitrogens is 4. The zero-order chi connectivity index (χ0) is 20.3. The van der Waals surface area contributed by atoms with Crippen molar-refractivity contribution < 1.29 is 4.39 Å². The van der Waals surface area contributed by atoms with Crippen LogP contribution in [0.2, 0.25) is 0 Å². The molecule has 0 saturated carbocycles. The first-order chi connectivity index (χ1) is 13.3. The lowest BCUT2D eigenvalue weighted by Crippen LogP contribution is -2.13. The molecule has 148 valence electrons. The SMILES string of the molecule is Cc1nc(NCCc2ccccc2F)cc(C(C)Cn2nc(C)c(C)c2C)n1. The number of hydrogen-bond acceptors (Lipinski definition) is 4. The Labute approximate surface area is 166 Å². The lowest BCUT2D eigenvalue weighted by molar-refractivity contribution is 0.519. The van der Waals surface area contributed by atoms with Crippen LogP contribution in [0.25, 0.3) is 0 Å². The van der Waals surface area contributed by atoms with Gasteiger partial charge in [0.25, 0.3) is 0 Å². The molecule has 1 aromatic carbocycles. The monoisotopic (exact) mass is 381 g/mol. The van der Waals surface area contributed by atoms with Crippen LogP contribution in [0.5, 0.6) is 0 Å². The van der Waals surface area contributed by atoms with Crippen molar-refractivity contribution in [3.05, 3.63) is 70.2 Å². The van der Waals surface area contributed by atoms with E-state index in [4.69, 9.17) is 0 Å². The Kier molecular flexibility index (Phi) is 6.07. The highest BCUT2D eigenvalue weighted by atomic mass is 19.1. The largest absolute Gasteiger partial charge is 0.370 e. The van der Waals surface area contributed by atoms with Gasteiger partial charge in [-0.05, 0) is 51.3 Å². The number of hydrogen-bond donors (Lipinski definition) is 1. The van der Waals surface area contributed by atoms with Crippen LogP contribution in [0.3, 0.4) is 0 Å². The highest BCUT2D eigenvalue weighted by molar-refractivity contribution is 5.37. The maximum Gasteiger partial charge on any atom is 0.129 e. The minimum atomic E-state index is -0.169. The zero-order valence-electron chi connectivity index (χ0n) is 17.3. The van der Waals surface area contributed by atoms with Gasteiger partial charge in [0, 0.05) is 30.8 Å². The predicted molar refractivity (Wildman–Crippen MR) is 110 cm³/mol. The van der Waals surface area contributed by atoms with Gasteiger partial charge in [0.05, 0.1) is 11.4 Å². The van der Waals surface area contributed by atoms with Crippen LogP contribution in [0.4, 0.5) is 10.2 Å². The van der Waals surface area contributed by atoms with Gasteiger partial charge in [-0.15, -0.1) is 0 Å². The van der Waals surface area contributed by atoms with Gasteiger partial charge in [-0.3, -0.25) is 4.68 Å².